The molecule has 0 aromatic heterocycles. The summed E-state index contributed by atoms with van der Waals surface area (Å²) in [6.07, 6.45) is 3.05. The van der Waals surface area contributed by atoms with Gasteiger partial charge in [0.2, 0.25) is 0 Å². The number of hydrogen-bond donors (Lipinski definition) is 2. The number of hydrogen-bond acceptors (Lipinski definition) is 5. The summed E-state index contributed by atoms with van der Waals surface area (Å²) < 4.78 is 10.4. The van der Waals surface area contributed by atoms with Gasteiger partial charge in [-0.05, 0) is 24.3 Å². The Labute approximate surface area is 116 Å². The third-order valence-corrected chi connectivity index (χ3v) is 3.31. The molecule has 5 heteroatoms. The van der Waals surface area contributed by atoms with Crippen LogP contribution in [0.1, 0.15) is 16.8 Å². The average molecular weight is 276 g/mol. The molecule has 0 saturated heterocycles. The lowest BCUT2D eigenvalue weighted by molar-refractivity contribution is -0.173. The summed E-state index contributed by atoms with van der Waals surface area (Å²) in [6, 6.07) is 6.19. The van der Waals surface area contributed by atoms with Crippen LogP contribution in [0.25, 0.3) is 0 Å². The van der Waals surface area contributed by atoms with Gasteiger partial charge in [-0.2, -0.15) is 0 Å². The predicted molar refractivity (Wildman–Crippen MR) is 72.6 cm³/mol. The molecular formula is C15H16O5. The molecule has 1 aliphatic carbocycles. The van der Waals surface area contributed by atoms with Gasteiger partial charge >= 0.3 is 0 Å². The molecule has 0 atom stereocenters. The molecule has 0 unspecified atom stereocenters. The predicted octanol–water partition coefficient (Wildman–Crippen LogP) is 2.34. The zero-order valence-corrected chi connectivity index (χ0v) is 11.3. The Morgan fingerprint density at radius 1 is 1.20 bits per heavy atom. The number of aliphatic hydroxyl groups is 1. The number of rotatable bonds is 4. The Balaban J connectivity index is 2.34. The van der Waals surface area contributed by atoms with Gasteiger partial charge < -0.3 is 19.7 Å². The van der Waals surface area contributed by atoms with Crippen LogP contribution < -0.4 is 0 Å². The average Bonchev–Trinajstić information content (AvgIpc) is 2.47. The fourth-order valence-electron chi connectivity index (χ4n) is 2.08. The molecule has 106 valence electrons. The maximum Gasteiger partial charge on any atom is 0.200 e. The van der Waals surface area contributed by atoms with Crippen molar-refractivity contribution < 1.29 is 24.5 Å². The summed E-state index contributed by atoms with van der Waals surface area (Å²) in [5.74, 6) is -1.77. The highest BCUT2D eigenvalue weighted by molar-refractivity contribution is 6.12. The number of Topliss-reactive ketones (excluding diaryl/α,β-unsaturated/α-hetero) is 1. The number of phenolic OH excluding ortho intramolecular Hbond substituents is 1. The van der Waals surface area contributed by atoms with Gasteiger partial charge in [0.1, 0.15) is 11.5 Å². The monoisotopic (exact) mass is 276 g/mol. The van der Waals surface area contributed by atoms with Gasteiger partial charge in [-0.15, -0.1) is 0 Å². The Morgan fingerprint density at radius 2 is 1.85 bits per heavy atom. The highest BCUT2D eigenvalue weighted by Gasteiger charge is 2.34. The van der Waals surface area contributed by atoms with Crippen LogP contribution in [0.3, 0.4) is 0 Å². The van der Waals surface area contributed by atoms with Gasteiger partial charge in [-0.3, -0.25) is 4.79 Å². The van der Waals surface area contributed by atoms with E-state index in [2.05, 4.69) is 0 Å². The SMILES string of the molecule is COC1(OC)C=CC(C(=O)c2ccccc2O)=C(O)C1. The number of carbonyl (C=O) groups is 1. The van der Waals surface area contributed by atoms with Gasteiger partial charge in [0, 0.05) is 14.2 Å². The van der Waals surface area contributed by atoms with Gasteiger partial charge in [-0.1, -0.05) is 12.1 Å². The minimum atomic E-state index is -1.06. The van der Waals surface area contributed by atoms with Crippen molar-refractivity contribution in [3.63, 3.8) is 0 Å². The molecular weight excluding hydrogens is 260 g/mol. The van der Waals surface area contributed by atoms with Gasteiger partial charge in [0.05, 0.1) is 17.6 Å². The first-order chi connectivity index (χ1) is 9.53. The van der Waals surface area contributed by atoms with E-state index in [-0.39, 0.29) is 29.1 Å². The second-order valence-corrected chi connectivity index (χ2v) is 4.44. The molecule has 1 aromatic rings. The van der Waals surface area contributed by atoms with Crippen molar-refractivity contribution in [2.24, 2.45) is 0 Å². The molecule has 5 nitrogen and oxygen atoms in total. The topological polar surface area (TPSA) is 76.0 Å². The van der Waals surface area contributed by atoms with Gasteiger partial charge in [-0.25, -0.2) is 0 Å². The number of ether oxygens (including phenoxy) is 2. The molecule has 20 heavy (non-hydrogen) atoms. The number of phenols is 1. The van der Waals surface area contributed by atoms with Crippen LogP contribution in [0, 0.1) is 0 Å². The molecule has 1 aromatic carbocycles. The highest BCUT2D eigenvalue weighted by Crippen LogP contribution is 2.31. The lowest BCUT2D eigenvalue weighted by atomic mass is 9.93. The number of carbonyl (C=O) groups excluding carboxylic acids is 1. The lowest BCUT2D eigenvalue weighted by Crippen LogP contribution is -2.34. The molecule has 0 fully saturated rings. The number of aromatic hydroxyl groups is 1. The number of allylic oxidation sites excluding steroid dienone is 2. The normalized spacial score (nSPS) is 17.3. The van der Waals surface area contributed by atoms with E-state index in [1.165, 1.54) is 32.4 Å². The van der Waals surface area contributed by atoms with E-state index in [0.29, 0.717) is 0 Å². The first-order valence-corrected chi connectivity index (χ1v) is 6.07. The van der Waals surface area contributed by atoms with E-state index in [0.717, 1.165) is 0 Å². The van der Waals surface area contributed by atoms with Crippen molar-refractivity contribution in [1.29, 1.82) is 0 Å². The van der Waals surface area contributed by atoms with E-state index in [9.17, 15) is 15.0 Å². The highest BCUT2D eigenvalue weighted by atomic mass is 16.7. The first kappa shape index (κ1) is 14.3. The lowest BCUT2D eigenvalue weighted by Gasteiger charge is -2.30. The third-order valence-electron chi connectivity index (χ3n) is 3.31. The van der Waals surface area contributed by atoms with Crippen molar-refractivity contribution in [3.05, 3.63) is 53.3 Å². The van der Waals surface area contributed by atoms with Crippen LogP contribution in [0.15, 0.2) is 47.7 Å². The molecule has 0 spiro atoms. The Morgan fingerprint density at radius 3 is 2.40 bits per heavy atom. The van der Waals surface area contributed by atoms with Crippen molar-refractivity contribution in [3.8, 4) is 5.75 Å². The van der Waals surface area contributed by atoms with Crippen molar-refractivity contribution in [2.75, 3.05) is 14.2 Å². The number of aliphatic hydroxyl groups excluding tert-OH is 1. The molecule has 0 bridgehead atoms. The molecule has 0 saturated carbocycles. The van der Waals surface area contributed by atoms with Crippen LogP contribution >= 0.6 is 0 Å². The fourth-order valence-corrected chi connectivity index (χ4v) is 2.08. The van der Waals surface area contributed by atoms with E-state index in [1.54, 1.807) is 18.2 Å². The summed E-state index contributed by atoms with van der Waals surface area (Å²) in [7, 11) is 2.91. The Bertz CT molecular complexity index is 582. The van der Waals surface area contributed by atoms with Crippen molar-refractivity contribution >= 4 is 5.78 Å². The largest absolute Gasteiger partial charge is 0.511 e. The van der Waals surface area contributed by atoms with E-state index >= 15 is 0 Å². The summed E-state index contributed by atoms with van der Waals surface area (Å²) in [5.41, 5.74) is 0.261. The second-order valence-electron chi connectivity index (χ2n) is 4.44. The summed E-state index contributed by atoms with van der Waals surface area (Å²) in [5, 5.41) is 19.7. The van der Waals surface area contributed by atoms with Crippen LogP contribution in [0.2, 0.25) is 0 Å². The van der Waals surface area contributed by atoms with E-state index in [4.69, 9.17) is 9.47 Å². The van der Waals surface area contributed by atoms with Crippen molar-refractivity contribution in [1.82, 2.24) is 0 Å². The van der Waals surface area contributed by atoms with E-state index < -0.39 is 11.6 Å². The minimum absolute atomic E-state index is 0.0329. The first-order valence-electron chi connectivity index (χ1n) is 6.07. The maximum atomic E-state index is 12.3. The van der Waals surface area contributed by atoms with Crippen LogP contribution in [0.4, 0.5) is 0 Å². The van der Waals surface area contributed by atoms with Gasteiger partial charge in [0.15, 0.2) is 11.6 Å². The standard InChI is InChI=1S/C15H16O5/c1-19-15(20-2)8-7-11(13(17)9-15)14(18)10-5-3-4-6-12(10)16/h3-8,16-17H,9H2,1-2H3. The fraction of sp³-hybridized carbons (Fsp3) is 0.267. The van der Waals surface area contributed by atoms with Crippen LogP contribution in [0.5, 0.6) is 5.75 Å². The summed E-state index contributed by atoms with van der Waals surface area (Å²) in [4.78, 5) is 12.3. The molecule has 0 amide bonds. The molecule has 0 heterocycles. The Hall–Kier alpha value is -2.11. The summed E-state index contributed by atoms with van der Waals surface area (Å²) >= 11 is 0. The third kappa shape index (κ3) is 2.45. The zero-order valence-electron chi connectivity index (χ0n) is 11.3. The molecule has 0 aliphatic heterocycles. The molecule has 1 aliphatic rings. The number of ketones is 1. The smallest absolute Gasteiger partial charge is 0.200 e. The molecule has 2 rings (SSSR count). The van der Waals surface area contributed by atoms with Gasteiger partial charge in [0.25, 0.3) is 0 Å². The minimum Gasteiger partial charge on any atom is -0.511 e. The molecule has 0 radical (unpaired) electrons. The molecule has 2 N–H and O–H groups in total. The maximum absolute atomic E-state index is 12.3. The quantitative estimate of drug-likeness (QED) is 0.652. The second kappa shape index (κ2) is 5.48. The number of benzene rings is 1. The number of methoxy groups -OCH3 is 2. The van der Waals surface area contributed by atoms with E-state index in [1.807, 2.05) is 0 Å². The number of para-hydroxylation sites is 1. The van der Waals surface area contributed by atoms with Crippen LogP contribution in [-0.4, -0.2) is 36.0 Å². The summed E-state index contributed by atoms with van der Waals surface area (Å²) in [6.45, 7) is 0. The van der Waals surface area contributed by atoms with Crippen molar-refractivity contribution in [2.45, 2.75) is 12.2 Å². The van der Waals surface area contributed by atoms with Crippen LogP contribution in [-0.2, 0) is 9.47 Å². The Kier molecular flexibility index (Phi) is 3.92. The zero-order chi connectivity index (χ0) is 14.8.